The number of para-hydroxylation sites is 1. The second-order valence-corrected chi connectivity index (χ2v) is 5.12. The largest absolute Gasteiger partial charge is 0.418 e. The van der Waals surface area contributed by atoms with Crippen LogP contribution in [0.4, 0.5) is 18.9 Å². The van der Waals surface area contributed by atoms with E-state index in [2.05, 4.69) is 0 Å². The molecular weight excluding hydrogens is 253 g/mol. The third-order valence-corrected chi connectivity index (χ3v) is 4.01. The van der Waals surface area contributed by atoms with Crippen LogP contribution in [0.25, 0.3) is 0 Å². The van der Waals surface area contributed by atoms with Crippen molar-refractivity contribution in [1.29, 1.82) is 0 Å². The van der Waals surface area contributed by atoms with Gasteiger partial charge >= 0.3 is 6.18 Å². The lowest BCUT2D eigenvalue weighted by atomic mass is 10.0. The first-order valence-corrected chi connectivity index (χ1v) is 6.54. The van der Waals surface area contributed by atoms with Crippen molar-refractivity contribution in [2.45, 2.75) is 31.5 Å². The first-order valence-electron chi connectivity index (χ1n) is 6.54. The van der Waals surface area contributed by atoms with E-state index >= 15 is 0 Å². The maximum Gasteiger partial charge on any atom is 0.418 e. The fraction of sp³-hybridized carbons (Fsp3) is 0.571. The molecule has 1 fully saturated rings. The molecule has 2 rings (SSSR count). The lowest BCUT2D eigenvalue weighted by Crippen LogP contribution is -2.38. The Kier molecular flexibility index (Phi) is 4.04. The van der Waals surface area contributed by atoms with E-state index in [1.807, 2.05) is 0 Å². The number of anilines is 1. The molecule has 0 aliphatic heterocycles. The van der Waals surface area contributed by atoms with Crippen molar-refractivity contribution in [3.05, 3.63) is 29.8 Å². The fourth-order valence-electron chi connectivity index (χ4n) is 3.00. The molecule has 106 valence electrons. The predicted octanol–water partition coefficient (Wildman–Crippen LogP) is 3.27. The average Bonchev–Trinajstić information content (AvgIpc) is 2.85. The second-order valence-electron chi connectivity index (χ2n) is 5.12. The highest BCUT2D eigenvalue weighted by Crippen LogP contribution is 2.39. The van der Waals surface area contributed by atoms with Crippen molar-refractivity contribution in [3.8, 4) is 0 Å². The third kappa shape index (κ3) is 2.86. The molecule has 19 heavy (non-hydrogen) atoms. The summed E-state index contributed by atoms with van der Waals surface area (Å²) in [6, 6.07) is 5.85. The first-order chi connectivity index (χ1) is 8.95. The van der Waals surface area contributed by atoms with Crippen molar-refractivity contribution in [2.75, 3.05) is 18.5 Å². The Morgan fingerprint density at radius 3 is 2.58 bits per heavy atom. The van der Waals surface area contributed by atoms with Crippen LogP contribution in [0.1, 0.15) is 24.8 Å². The van der Waals surface area contributed by atoms with Crippen LogP contribution in [-0.2, 0) is 6.18 Å². The first kappa shape index (κ1) is 14.2. The summed E-state index contributed by atoms with van der Waals surface area (Å²) in [5.74, 6) is 0.284. The van der Waals surface area contributed by atoms with Gasteiger partial charge in [0, 0.05) is 18.8 Å². The van der Waals surface area contributed by atoms with Gasteiger partial charge in [0.25, 0.3) is 0 Å². The molecule has 5 heteroatoms. The van der Waals surface area contributed by atoms with Crippen LogP contribution in [0, 0.1) is 5.92 Å². The highest BCUT2D eigenvalue weighted by molar-refractivity contribution is 5.55. The normalized spacial score (nSPS) is 23.6. The monoisotopic (exact) mass is 272 g/mol. The zero-order valence-electron chi connectivity index (χ0n) is 11.0. The van der Waals surface area contributed by atoms with E-state index < -0.39 is 11.7 Å². The number of alkyl halides is 3. The van der Waals surface area contributed by atoms with Crippen LogP contribution in [0.5, 0.6) is 0 Å². The minimum Gasteiger partial charge on any atom is -0.371 e. The summed E-state index contributed by atoms with van der Waals surface area (Å²) in [6.07, 6.45) is -1.38. The summed E-state index contributed by atoms with van der Waals surface area (Å²) in [5, 5.41) is 0. The lowest BCUT2D eigenvalue weighted by molar-refractivity contribution is -0.137. The van der Waals surface area contributed by atoms with Crippen LogP contribution in [0.2, 0.25) is 0 Å². The molecule has 1 aromatic rings. The molecule has 1 aliphatic carbocycles. The summed E-state index contributed by atoms with van der Waals surface area (Å²) >= 11 is 0. The number of rotatable bonds is 3. The third-order valence-electron chi connectivity index (χ3n) is 4.01. The van der Waals surface area contributed by atoms with E-state index in [9.17, 15) is 13.2 Å². The molecular formula is C14H19F3N2. The van der Waals surface area contributed by atoms with Gasteiger partial charge in [0.05, 0.1) is 5.56 Å². The molecule has 1 aromatic carbocycles. The van der Waals surface area contributed by atoms with E-state index in [4.69, 9.17) is 5.73 Å². The highest BCUT2D eigenvalue weighted by Gasteiger charge is 2.37. The van der Waals surface area contributed by atoms with Gasteiger partial charge in [-0.05, 0) is 37.4 Å². The predicted molar refractivity (Wildman–Crippen MR) is 70.0 cm³/mol. The summed E-state index contributed by atoms with van der Waals surface area (Å²) in [6.45, 7) is 0.531. The molecule has 2 nitrogen and oxygen atoms in total. The topological polar surface area (TPSA) is 29.3 Å². The second kappa shape index (κ2) is 5.41. The molecule has 0 amide bonds. The minimum absolute atomic E-state index is 0.105. The van der Waals surface area contributed by atoms with E-state index in [1.54, 1.807) is 18.0 Å². The molecule has 0 aromatic heterocycles. The molecule has 0 saturated heterocycles. The Balaban J connectivity index is 2.31. The van der Waals surface area contributed by atoms with Crippen LogP contribution >= 0.6 is 0 Å². The maximum atomic E-state index is 13.0. The van der Waals surface area contributed by atoms with Gasteiger partial charge in [-0.15, -0.1) is 0 Å². The summed E-state index contributed by atoms with van der Waals surface area (Å²) < 4.78 is 39.1. The molecule has 0 heterocycles. The quantitative estimate of drug-likeness (QED) is 0.915. The van der Waals surface area contributed by atoms with Crippen LogP contribution in [0.3, 0.4) is 0 Å². The zero-order valence-corrected chi connectivity index (χ0v) is 11.0. The van der Waals surface area contributed by atoms with Gasteiger partial charge in [-0.25, -0.2) is 0 Å². The van der Waals surface area contributed by atoms with E-state index in [-0.39, 0.29) is 17.6 Å². The van der Waals surface area contributed by atoms with Crippen molar-refractivity contribution in [3.63, 3.8) is 0 Å². The van der Waals surface area contributed by atoms with Gasteiger partial charge < -0.3 is 10.6 Å². The minimum atomic E-state index is -4.32. The Bertz CT molecular complexity index is 431. The number of hydrogen-bond donors (Lipinski definition) is 1. The number of nitrogens with two attached hydrogens (primary N) is 1. The van der Waals surface area contributed by atoms with Gasteiger partial charge in [-0.2, -0.15) is 13.2 Å². The molecule has 1 aliphatic rings. The van der Waals surface area contributed by atoms with E-state index in [0.29, 0.717) is 6.54 Å². The number of hydrogen-bond acceptors (Lipinski definition) is 2. The summed E-state index contributed by atoms with van der Waals surface area (Å²) in [4.78, 5) is 1.76. The van der Waals surface area contributed by atoms with Gasteiger partial charge in [0.15, 0.2) is 0 Å². The summed E-state index contributed by atoms with van der Waals surface area (Å²) in [5.41, 5.74) is 5.40. The molecule has 2 atom stereocenters. The van der Waals surface area contributed by atoms with Crippen molar-refractivity contribution in [2.24, 2.45) is 11.7 Å². The zero-order chi connectivity index (χ0) is 14.0. The molecule has 0 bridgehead atoms. The Morgan fingerprint density at radius 2 is 1.95 bits per heavy atom. The molecule has 0 spiro atoms. The van der Waals surface area contributed by atoms with Crippen LogP contribution < -0.4 is 10.6 Å². The standard InChI is InChI=1S/C14H19F3N2/c1-19(12-8-4-5-10(12)9-18)13-7-3-2-6-11(13)14(15,16)17/h2-3,6-7,10,12H,4-5,8-9,18H2,1H3. The maximum absolute atomic E-state index is 13.0. The highest BCUT2D eigenvalue weighted by atomic mass is 19.4. The fourth-order valence-corrected chi connectivity index (χ4v) is 3.00. The number of halogens is 3. The number of nitrogens with zero attached hydrogens (tertiary/aromatic N) is 1. The van der Waals surface area contributed by atoms with Gasteiger partial charge in [-0.3, -0.25) is 0 Å². The molecule has 1 saturated carbocycles. The number of benzene rings is 1. The van der Waals surface area contributed by atoms with Gasteiger partial charge in [0.2, 0.25) is 0 Å². The Labute approximate surface area is 111 Å². The summed E-state index contributed by atoms with van der Waals surface area (Å²) in [7, 11) is 1.74. The van der Waals surface area contributed by atoms with Crippen molar-refractivity contribution >= 4 is 5.69 Å². The molecule has 2 unspecified atom stereocenters. The van der Waals surface area contributed by atoms with Crippen molar-refractivity contribution < 1.29 is 13.2 Å². The Morgan fingerprint density at radius 1 is 1.26 bits per heavy atom. The Hall–Kier alpha value is -1.23. The van der Waals surface area contributed by atoms with E-state index in [0.717, 1.165) is 25.3 Å². The van der Waals surface area contributed by atoms with Gasteiger partial charge in [0.1, 0.15) is 0 Å². The van der Waals surface area contributed by atoms with Crippen LogP contribution in [0.15, 0.2) is 24.3 Å². The van der Waals surface area contributed by atoms with Crippen molar-refractivity contribution in [1.82, 2.24) is 0 Å². The SMILES string of the molecule is CN(c1ccccc1C(F)(F)F)C1CCCC1CN. The lowest BCUT2D eigenvalue weighted by Gasteiger charge is -2.32. The molecule has 0 radical (unpaired) electrons. The smallest absolute Gasteiger partial charge is 0.371 e. The van der Waals surface area contributed by atoms with Crippen LogP contribution in [-0.4, -0.2) is 19.6 Å². The van der Waals surface area contributed by atoms with Gasteiger partial charge in [-0.1, -0.05) is 18.6 Å². The molecule has 2 N–H and O–H groups in total. The van der Waals surface area contributed by atoms with E-state index in [1.165, 1.54) is 12.1 Å². The average molecular weight is 272 g/mol.